The van der Waals surface area contributed by atoms with Crippen molar-refractivity contribution in [2.75, 3.05) is 37.5 Å². The van der Waals surface area contributed by atoms with E-state index in [1.165, 1.54) is 4.90 Å². The largest absolute Gasteiger partial charge is 0.374 e. The van der Waals surface area contributed by atoms with Gasteiger partial charge in [-0.15, -0.1) is 0 Å². The van der Waals surface area contributed by atoms with Crippen molar-refractivity contribution >= 4 is 11.9 Å². The van der Waals surface area contributed by atoms with Crippen molar-refractivity contribution < 1.29 is 19.7 Å². The molecule has 154 valence electrons. The summed E-state index contributed by atoms with van der Waals surface area (Å²) in [6.45, 7) is 5.91. The molecule has 1 aliphatic rings. The predicted molar refractivity (Wildman–Crippen MR) is 102 cm³/mol. The lowest BCUT2D eigenvalue weighted by atomic mass is 9.82. The molecule has 1 aromatic rings. The van der Waals surface area contributed by atoms with E-state index in [4.69, 9.17) is 9.47 Å². The van der Waals surface area contributed by atoms with Crippen molar-refractivity contribution in [2.45, 2.75) is 64.8 Å². The molecule has 0 spiro atoms. The predicted octanol–water partition coefficient (Wildman–Crippen LogP) is 1.66. The van der Waals surface area contributed by atoms with Gasteiger partial charge in [0.15, 0.2) is 0 Å². The third-order valence-corrected chi connectivity index (χ3v) is 4.90. The van der Waals surface area contributed by atoms with Gasteiger partial charge in [-0.25, -0.2) is 0 Å². The topological polar surface area (TPSA) is 104 Å². The van der Waals surface area contributed by atoms with E-state index in [2.05, 4.69) is 21.9 Å². The molecule has 1 aromatic heterocycles. The van der Waals surface area contributed by atoms with Gasteiger partial charge in [-0.3, -0.25) is 9.80 Å². The smallest absolute Gasteiger partial charge is 0.234 e. The van der Waals surface area contributed by atoms with Crippen LogP contribution in [0.2, 0.25) is 0 Å². The standard InChI is InChI=1S/C18H33N5O4/c1-12-6-8-15(9-7-12)16-19-17(22(10-26-4)11-27-5)21-18(20-16)23(13(2)24)14(3)25/h12-15,24-25H,6-11H2,1-5H3. The number of nitrogens with zero attached hydrogens (tertiary/aromatic N) is 5. The second-order valence-corrected chi connectivity index (χ2v) is 7.30. The van der Waals surface area contributed by atoms with Gasteiger partial charge in [0.1, 0.15) is 31.7 Å². The Hall–Kier alpha value is -1.55. The van der Waals surface area contributed by atoms with Crippen molar-refractivity contribution in [3.05, 3.63) is 5.82 Å². The maximum absolute atomic E-state index is 10.1. The quantitative estimate of drug-likeness (QED) is 0.616. The number of aliphatic hydroxyl groups is 2. The third kappa shape index (κ3) is 5.71. The van der Waals surface area contributed by atoms with Crippen LogP contribution in [0.15, 0.2) is 0 Å². The Kier molecular flexibility index (Phi) is 8.15. The number of methoxy groups -OCH3 is 2. The summed E-state index contributed by atoms with van der Waals surface area (Å²) in [6, 6.07) is 0. The maximum atomic E-state index is 10.1. The van der Waals surface area contributed by atoms with Gasteiger partial charge in [0.05, 0.1) is 0 Å². The van der Waals surface area contributed by atoms with E-state index in [1.54, 1.807) is 33.0 Å². The molecule has 2 N–H and O–H groups in total. The van der Waals surface area contributed by atoms with Gasteiger partial charge in [0.25, 0.3) is 0 Å². The molecule has 2 unspecified atom stereocenters. The zero-order chi connectivity index (χ0) is 20.0. The number of rotatable bonds is 9. The first kappa shape index (κ1) is 21.7. The molecule has 1 heterocycles. The highest BCUT2D eigenvalue weighted by atomic mass is 16.5. The van der Waals surface area contributed by atoms with Crippen LogP contribution in [0.4, 0.5) is 11.9 Å². The number of ether oxygens (including phenoxy) is 2. The first-order valence-electron chi connectivity index (χ1n) is 9.50. The molecule has 27 heavy (non-hydrogen) atoms. The minimum atomic E-state index is -0.947. The molecular weight excluding hydrogens is 350 g/mol. The van der Waals surface area contributed by atoms with Gasteiger partial charge in [-0.1, -0.05) is 19.8 Å². The summed E-state index contributed by atoms with van der Waals surface area (Å²) in [5.74, 6) is 2.29. The Morgan fingerprint density at radius 2 is 1.44 bits per heavy atom. The molecule has 0 aromatic carbocycles. The molecule has 0 amide bonds. The van der Waals surface area contributed by atoms with Crippen LogP contribution in [-0.2, 0) is 9.47 Å². The highest BCUT2D eigenvalue weighted by molar-refractivity contribution is 5.40. The highest BCUT2D eigenvalue weighted by Gasteiger charge is 2.27. The van der Waals surface area contributed by atoms with Crippen LogP contribution >= 0.6 is 0 Å². The van der Waals surface area contributed by atoms with Gasteiger partial charge in [-0.2, -0.15) is 15.0 Å². The molecule has 0 aliphatic heterocycles. The zero-order valence-electron chi connectivity index (χ0n) is 17.0. The summed E-state index contributed by atoms with van der Waals surface area (Å²) in [5, 5.41) is 20.2. The van der Waals surface area contributed by atoms with Crippen LogP contribution in [0.5, 0.6) is 0 Å². The number of hydrogen-bond donors (Lipinski definition) is 2. The Morgan fingerprint density at radius 3 is 1.93 bits per heavy atom. The van der Waals surface area contributed by atoms with Gasteiger partial charge < -0.3 is 19.7 Å². The summed E-state index contributed by atoms with van der Waals surface area (Å²) in [6.07, 6.45) is 2.41. The van der Waals surface area contributed by atoms with Crippen LogP contribution in [0.25, 0.3) is 0 Å². The third-order valence-electron chi connectivity index (χ3n) is 4.90. The first-order chi connectivity index (χ1) is 12.9. The van der Waals surface area contributed by atoms with Crippen LogP contribution < -0.4 is 9.80 Å². The number of hydrogen-bond acceptors (Lipinski definition) is 9. The molecule has 1 aliphatic carbocycles. The molecule has 1 saturated carbocycles. The Bertz CT molecular complexity index is 565. The average molecular weight is 383 g/mol. The fourth-order valence-corrected chi connectivity index (χ4v) is 3.44. The van der Waals surface area contributed by atoms with Gasteiger partial charge in [-0.05, 0) is 32.6 Å². The number of aromatic nitrogens is 3. The fraction of sp³-hybridized carbons (Fsp3) is 0.833. The van der Waals surface area contributed by atoms with Crippen molar-refractivity contribution in [1.29, 1.82) is 0 Å². The van der Waals surface area contributed by atoms with Crippen LogP contribution in [-0.4, -0.2) is 65.3 Å². The van der Waals surface area contributed by atoms with E-state index >= 15 is 0 Å². The summed E-state index contributed by atoms with van der Waals surface area (Å²) < 4.78 is 10.5. The fourth-order valence-electron chi connectivity index (χ4n) is 3.44. The molecule has 0 saturated heterocycles. The van der Waals surface area contributed by atoms with E-state index in [9.17, 15) is 10.2 Å². The molecule has 0 bridgehead atoms. The SMILES string of the molecule is COCN(COC)c1nc(C2CCC(C)CC2)nc(N(C(C)O)C(C)O)n1. The monoisotopic (exact) mass is 383 g/mol. The van der Waals surface area contributed by atoms with Gasteiger partial charge >= 0.3 is 0 Å². The normalized spacial score (nSPS) is 22.3. The van der Waals surface area contributed by atoms with Crippen molar-refractivity contribution in [3.63, 3.8) is 0 Å². The van der Waals surface area contributed by atoms with E-state index in [-0.39, 0.29) is 25.3 Å². The molecule has 9 nitrogen and oxygen atoms in total. The van der Waals surface area contributed by atoms with E-state index in [0.717, 1.165) is 25.7 Å². The van der Waals surface area contributed by atoms with Crippen molar-refractivity contribution in [2.24, 2.45) is 5.92 Å². The van der Waals surface area contributed by atoms with E-state index in [0.29, 0.717) is 17.7 Å². The van der Waals surface area contributed by atoms with Gasteiger partial charge in [0.2, 0.25) is 11.9 Å². The van der Waals surface area contributed by atoms with Crippen LogP contribution in [0.3, 0.4) is 0 Å². The molecule has 2 rings (SSSR count). The number of aliphatic hydroxyl groups excluding tert-OH is 2. The highest BCUT2D eigenvalue weighted by Crippen LogP contribution is 2.35. The lowest BCUT2D eigenvalue weighted by molar-refractivity contribution is 0.102. The van der Waals surface area contributed by atoms with Gasteiger partial charge in [0, 0.05) is 20.1 Å². The second kappa shape index (κ2) is 10.1. The van der Waals surface area contributed by atoms with E-state index < -0.39 is 12.5 Å². The summed E-state index contributed by atoms with van der Waals surface area (Å²) >= 11 is 0. The second-order valence-electron chi connectivity index (χ2n) is 7.30. The molecule has 1 fully saturated rings. The number of anilines is 2. The summed E-state index contributed by atoms with van der Waals surface area (Å²) in [4.78, 5) is 16.8. The first-order valence-corrected chi connectivity index (χ1v) is 9.50. The Morgan fingerprint density at radius 1 is 0.926 bits per heavy atom. The average Bonchev–Trinajstić information content (AvgIpc) is 2.61. The molecule has 9 heteroatoms. The molecule has 2 atom stereocenters. The lowest BCUT2D eigenvalue weighted by Gasteiger charge is -2.31. The van der Waals surface area contributed by atoms with Crippen LogP contribution in [0.1, 0.15) is 58.2 Å². The summed E-state index contributed by atoms with van der Waals surface area (Å²) in [7, 11) is 3.18. The minimum absolute atomic E-state index is 0.235. The Balaban J connectivity index is 2.45. The maximum Gasteiger partial charge on any atom is 0.234 e. The lowest BCUT2D eigenvalue weighted by Crippen LogP contribution is -2.42. The van der Waals surface area contributed by atoms with E-state index in [1.807, 2.05) is 0 Å². The van der Waals surface area contributed by atoms with Crippen molar-refractivity contribution in [3.8, 4) is 0 Å². The minimum Gasteiger partial charge on any atom is -0.374 e. The molecular formula is C18H33N5O4. The Labute approximate surface area is 161 Å². The molecule has 0 radical (unpaired) electrons. The van der Waals surface area contributed by atoms with Crippen molar-refractivity contribution in [1.82, 2.24) is 15.0 Å². The summed E-state index contributed by atoms with van der Waals surface area (Å²) in [5.41, 5.74) is 0. The van der Waals surface area contributed by atoms with Crippen LogP contribution in [0, 0.1) is 5.92 Å². The zero-order valence-corrected chi connectivity index (χ0v) is 17.0.